The Hall–Kier alpha value is -1.90. The van der Waals surface area contributed by atoms with Gasteiger partial charge in [-0.15, -0.1) is 0 Å². The van der Waals surface area contributed by atoms with E-state index in [1.54, 1.807) is 19.2 Å². The van der Waals surface area contributed by atoms with Gasteiger partial charge in [-0.25, -0.2) is 12.7 Å². The van der Waals surface area contributed by atoms with Crippen molar-refractivity contribution in [2.24, 2.45) is 5.92 Å². The summed E-state index contributed by atoms with van der Waals surface area (Å²) in [6, 6.07) is 14.8. The highest BCUT2D eigenvalue weighted by atomic mass is 79.9. The highest BCUT2D eigenvalue weighted by molar-refractivity contribution is 9.10. The van der Waals surface area contributed by atoms with E-state index in [-0.39, 0.29) is 17.6 Å². The average Bonchev–Trinajstić information content (AvgIpc) is 2.74. The van der Waals surface area contributed by atoms with Crippen LogP contribution in [0.5, 0.6) is 5.75 Å². The van der Waals surface area contributed by atoms with Crippen molar-refractivity contribution in [3.63, 3.8) is 0 Å². The number of benzene rings is 2. The lowest BCUT2D eigenvalue weighted by molar-refractivity contribution is -0.126. The van der Waals surface area contributed by atoms with Crippen LogP contribution in [0.2, 0.25) is 0 Å². The zero-order valence-electron chi connectivity index (χ0n) is 16.3. The first-order chi connectivity index (χ1) is 13.9. The summed E-state index contributed by atoms with van der Waals surface area (Å²) in [7, 11) is -1.79. The molecule has 0 unspecified atom stereocenters. The number of nitrogens with zero attached hydrogens (tertiary/aromatic N) is 1. The molecule has 1 saturated heterocycles. The molecule has 8 heteroatoms. The second kappa shape index (κ2) is 9.73. The number of halogens is 1. The molecule has 1 heterocycles. The van der Waals surface area contributed by atoms with Crippen molar-refractivity contribution in [2.45, 2.75) is 25.1 Å². The summed E-state index contributed by atoms with van der Waals surface area (Å²) in [4.78, 5) is 12.5. The molecule has 0 aromatic heterocycles. The Balaban J connectivity index is 1.51. The van der Waals surface area contributed by atoms with Crippen molar-refractivity contribution in [1.82, 2.24) is 9.62 Å². The molecule has 0 radical (unpaired) electrons. The zero-order valence-corrected chi connectivity index (χ0v) is 18.7. The lowest BCUT2D eigenvalue weighted by Gasteiger charge is -2.30. The van der Waals surface area contributed by atoms with Gasteiger partial charge in [-0.1, -0.05) is 46.3 Å². The number of nitrogens with one attached hydrogen (secondary N) is 1. The second-order valence-corrected chi connectivity index (χ2v) is 9.97. The molecule has 0 saturated carbocycles. The Kier molecular flexibility index (Phi) is 7.32. The fourth-order valence-electron chi connectivity index (χ4n) is 3.45. The number of rotatable bonds is 7. The summed E-state index contributed by atoms with van der Waals surface area (Å²) in [6.07, 6.45) is 1.05. The van der Waals surface area contributed by atoms with Crippen molar-refractivity contribution < 1.29 is 17.9 Å². The number of ether oxygens (including phenoxy) is 1. The first kappa shape index (κ1) is 21.8. The van der Waals surface area contributed by atoms with Crippen LogP contribution in [0, 0.1) is 5.92 Å². The minimum atomic E-state index is -3.39. The molecule has 0 atom stereocenters. The highest BCUT2D eigenvalue weighted by Crippen LogP contribution is 2.23. The van der Waals surface area contributed by atoms with Crippen molar-refractivity contribution >= 4 is 31.9 Å². The van der Waals surface area contributed by atoms with Crippen LogP contribution in [0.15, 0.2) is 53.0 Å². The van der Waals surface area contributed by atoms with Crippen LogP contribution >= 0.6 is 15.9 Å². The Bertz CT molecular complexity index is 939. The fourth-order valence-corrected chi connectivity index (χ4v) is 5.28. The number of hydrogen-bond donors (Lipinski definition) is 1. The Labute approximate surface area is 180 Å². The van der Waals surface area contributed by atoms with Crippen molar-refractivity contribution in [3.05, 3.63) is 64.1 Å². The summed E-state index contributed by atoms with van der Waals surface area (Å²) in [5, 5.41) is 2.95. The van der Waals surface area contributed by atoms with E-state index < -0.39 is 10.0 Å². The minimum Gasteiger partial charge on any atom is -0.496 e. The highest BCUT2D eigenvalue weighted by Gasteiger charge is 2.31. The average molecular weight is 481 g/mol. The summed E-state index contributed by atoms with van der Waals surface area (Å²) in [5.74, 6) is 0.497. The number of para-hydroxylation sites is 1. The van der Waals surface area contributed by atoms with E-state index >= 15 is 0 Å². The molecule has 3 rings (SSSR count). The van der Waals surface area contributed by atoms with Crippen molar-refractivity contribution in [1.29, 1.82) is 0 Å². The Morgan fingerprint density at radius 2 is 1.79 bits per heavy atom. The Morgan fingerprint density at radius 3 is 2.45 bits per heavy atom. The van der Waals surface area contributed by atoms with Gasteiger partial charge in [0.05, 0.1) is 12.9 Å². The maximum Gasteiger partial charge on any atom is 0.223 e. The van der Waals surface area contributed by atoms with Gasteiger partial charge in [0.15, 0.2) is 0 Å². The number of carbonyl (C=O) groups is 1. The van der Waals surface area contributed by atoms with Crippen LogP contribution in [0.25, 0.3) is 0 Å². The van der Waals surface area contributed by atoms with Crippen LogP contribution in [0.4, 0.5) is 0 Å². The molecule has 156 valence electrons. The van der Waals surface area contributed by atoms with Gasteiger partial charge in [0, 0.05) is 35.6 Å². The molecule has 0 aliphatic carbocycles. The molecular formula is C21H25BrN2O4S. The number of hydrogen-bond acceptors (Lipinski definition) is 4. The third-order valence-electron chi connectivity index (χ3n) is 5.13. The first-order valence-electron chi connectivity index (χ1n) is 9.51. The maximum atomic E-state index is 12.7. The van der Waals surface area contributed by atoms with Crippen LogP contribution in [-0.4, -0.2) is 38.8 Å². The van der Waals surface area contributed by atoms with E-state index in [1.165, 1.54) is 4.31 Å². The van der Waals surface area contributed by atoms with Crippen molar-refractivity contribution in [2.75, 3.05) is 20.2 Å². The van der Waals surface area contributed by atoms with Crippen LogP contribution in [0.3, 0.4) is 0 Å². The van der Waals surface area contributed by atoms with Crippen LogP contribution < -0.4 is 10.1 Å². The predicted octanol–water partition coefficient (Wildman–Crippen LogP) is 3.32. The third kappa shape index (κ3) is 5.81. The van der Waals surface area contributed by atoms with Crippen molar-refractivity contribution in [3.8, 4) is 5.75 Å². The molecule has 1 aliphatic rings. The maximum absolute atomic E-state index is 12.7. The topological polar surface area (TPSA) is 75.7 Å². The molecular weight excluding hydrogens is 456 g/mol. The third-order valence-corrected chi connectivity index (χ3v) is 7.50. The fraction of sp³-hybridized carbons (Fsp3) is 0.381. The molecule has 1 N–H and O–H groups in total. The van der Waals surface area contributed by atoms with Gasteiger partial charge in [-0.05, 0) is 36.6 Å². The Morgan fingerprint density at radius 1 is 1.14 bits per heavy atom. The number of amides is 1. The summed E-state index contributed by atoms with van der Waals surface area (Å²) in [5.41, 5.74) is 1.67. The van der Waals surface area contributed by atoms with Gasteiger partial charge >= 0.3 is 0 Å². The summed E-state index contributed by atoms with van der Waals surface area (Å²) >= 11 is 3.35. The summed E-state index contributed by atoms with van der Waals surface area (Å²) < 4.78 is 33.1. The first-order valence-corrected chi connectivity index (χ1v) is 11.9. The van der Waals surface area contributed by atoms with Gasteiger partial charge < -0.3 is 10.1 Å². The number of carbonyl (C=O) groups excluding carboxylic acids is 1. The zero-order chi connectivity index (χ0) is 20.9. The van der Waals surface area contributed by atoms with E-state index in [0.717, 1.165) is 21.3 Å². The molecule has 0 spiro atoms. The normalized spacial score (nSPS) is 15.8. The van der Waals surface area contributed by atoms with Gasteiger partial charge in [-0.2, -0.15) is 0 Å². The lowest BCUT2D eigenvalue weighted by Crippen LogP contribution is -2.43. The second-order valence-electron chi connectivity index (χ2n) is 7.09. The van der Waals surface area contributed by atoms with E-state index in [1.807, 2.05) is 36.4 Å². The molecule has 1 amide bonds. The SMILES string of the molecule is COc1ccccc1CNC(=O)C1CCN(S(=O)(=O)Cc2ccc(Br)cc2)CC1. The monoisotopic (exact) mass is 480 g/mol. The summed E-state index contributed by atoms with van der Waals surface area (Å²) in [6.45, 7) is 1.13. The van der Waals surface area contributed by atoms with Crippen LogP contribution in [0.1, 0.15) is 24.0 Å². The lowest BCUT2D eigenvalue weighted by atomic mass is 9.97. The molecule has 1 fully saturated rings. The predicted molar refractivity (Wildman–Crippen MR) is 116 cm³/mol. The number of methoxy groups -OCH3 is 1. The van der Waals surface area contributed by atoms with E-state index in [4.69, 9.17) is 4.74 Å². The molecule has 0 bridgehead atoms. The van der Waals surface area contributed by atoms with E-state index in [0.29, 0.717) is 32.5 Å². The van der Waals surface area contributed by atoms with Gasteiger partial charge in [0.1, 0.15) is 5.75 Å². The van der Waals surface area contributed by atoms with Crippen LogP contribution in [-0.2, 0) is 27.1 Å². The number of sulfonamides is 1. The van der Waals surface area contributed by atoms with Gasteiger partial charge in [-0.3, -0.25) is 4.79 Å². The van der Waals surface area contributed by atoms with Gasteiger partial charge in [0.25, 0.3) is 0 Å². The molecule has 2 aromatic carbocycles. The minimum absolute atomic E-state index is 0.0229. The molecule has 2 aromatic rings. The number of piperidine rings is 1. The molecule has 29 heavy (non-hydrogen) atoms. The van der Waals surface area contributed by atoms with Gasteiger partial charge in [0.2, 0.25) is 15.9 Å². The standard InChI is InChI=1S/C21H25BrN2O4S/c1-28-20-5-3-2-4-18(20)14-23-21(25)17-10-12-24(13-11-17)29(26,27)15-16-6-8-19(22)9-7-16/h2-9,17H,10-15H2,1H3,(H,23,25). The quantitative estimate of drug-likeness (QED) is 0.659. The van der Waals surface area contributed by atoms with E-state index in [2.05, 4.69) is 21.2 Å². The largest absolute Gasteiger partial charge is 0.496 e. The van der Waals surface area contributed by atoms with E-state index in [9.17, 15) is 13.2 Å². The smallest absolute Gasteiger partial charge is 0.223 e. The molecule has 1 aliphatic heterocycles. The molecule has 6 nitrogen and oxygen atoms in total.